The average molecular weight is 425 g/mol. The Morgan fingerprint density at radius 2 is 1.97 bits per heavy atom. The number of hydrogen-bond donors (Lipinski definition) is 5. The Morgan fingerprint density at radius 3 is 2.52 bits per heavy atom. The van der Waals surface area contributed by atoms with Crippen molar-refractivity contribution in [1.82, 2.24) is 20.0 Å². The molecule has 0 spiro atoms. The molecule has 3 aromatic rings. The molecule has 0 saturated carbocycles. The standard InChI is InChI=1S/C18H18N4O2.C4H9NO2/c1-2-18-20-9-10-22(18)17(12-19)16-11-15(24-21-16)8-5-13-3-6-14(23)7-4-13;6-2-4(3-7)1-5-4/h3-4,6-7,9-11,17,23H,2,12,19H2,1H3;5-7H,1-3H2. The average Bonchev–Trinajstić information content (AvgIpc) is 3.20. The van der Waals surface area contributed by atoms with Crippen LogP contribution in [0.3, 0.4) is 0 Å². The van der Waals surface area contributed by atoms with Crippen LogP contribution in [0.4, 0.5) is 0 Å². The third-order valence-electron chi connectivity index (χ3n) is 4.97. The first-order valence-electron chi connectivity index (χ1n) is 10.0. The number of phenols is 1. The zero-order valence-corrected chi connectivity index (χ0v) is 17.3. The van der Waals surface area contributed by atoms with E-state index >= 15 is 0 Å². The van der Waals surface area contributed by atoms with Gasteiger partial charge in [0.15, 0.2) is 0 Å². The van der Waals surface area contributed by atoms with Crippen molar-refractivity contribution in [3.05, 3.63) is 65.6 Å². The fraction of sp³-hybridized carbons (Fsp3) is 0.364. The molecule has 164 valence electrons. The number of nitrogens with two attached hydrogens (primary N) is 1. The van der Waals surface area contributed by atoms with E-state index in [1.54, 1.807) is 36.5 Å². The molecule has 9 nitrogen and oxygen atoms in total. The molecule has 0 bridgehead atoms. The summed E-state index contributed by atoms with van der Waals surface area (Å²) in [4.78, 5) is 4.32. The number of nitrogens with one attached hydrogen (secondary N) is 1. The van der Waals surface area contributed by atoms with Crippen LogP contribution in [0.5, 0.6) is 5.75 Å². The second kappa shape index (κ2) is 10.2. The van der Waals surface area contributed by atoms with E-state index in [0.717, 1.165) is 30.0 Å². The van der Waals surface area contributed by atoms with Crippen molar-refractivity contribution >= 4 is 0 Å². The van der Waals surface area contributed by atoms with Crippen LogP contribution in [-0.4, -0.2) is 61.9 Å². The summed E-state index contributed by atoms with van der Waals surface area (Å²) >= 11 is 0. The number of aryl methyl sites for hydroxylation is 1. The van der Waals surface area contributed by atoms with Crippen LogP contribution in [0.25, 0.3) is 0 Å². The van der Waals surface area contributed by atoms with E-state index in [-0.39, 0.29) is 30.5 Å². The molecule has 4 rings (SSSR count). The highest BCUT2D eigenvalue weighted by Gasteiger charge is 2.40. The van der Waals surface area contributed by atoms with Gasteiger partial charge in [0.05, 0.1) is 24.8 Å². The van der Waals surface area contributed by atoms with Crippen molar-refractivity contribution < 1.29 is 19.8 Å². The van der Waals surface area contributed by atoms with E-state index in [4.69, 9.17) is 20.5 Å². The van der Waals surface area contributed by atoms with Crippen LogP contribution >= 0.6 is 0 Å². The number of aliphatic hydroxyl groups is 2. The van der Waals surface area contributed by atoms with Crippen LogP contribution in [0.1, 0.15) is 35.8 Å². The largest absolute Gasteiger partial charge is 0.508 e. The normalized spacial score (nSPS) is 14.7. The number of aromatic nitrogens is 3. The Balaban J connectivity index is 0.000000330. The number of nitrogens with zero attached hydrogens (tertiary/aromatic N) is 3. The summed E-state index contributed by atoms with van der Waals surface area (Å²) < 4.78 is 7.31. The highest BCUT2D eigenvalue weighted by Crippen LogP contribution is 2.19. The molecule has 1 saturated heterocycles. The van der Waals surface area contributed by atoms with E-state index < -0.39 is 0 Å². The summed E-state index contributed by atoms with van der Waals surface area (Å²) in [5.41, 5.74) is 7.12. The Kier molecular flexibility index (Phi) is 7.44. The molecule has 1 aliphatic rings. The molecule has 1 aromatic carbocycles. The summed E-state index contributed by atoms with van der Waals surface area (Å²) in [7, 11) is 0. The minimum Gasteiger partial charge on any atom is -0.508 e. The molecule has 0 aliphatic carbocycles. The topological polar surface area (TPSA) is 152 Å². The zero-order valence-electron chi connectivity index (χ0n) is 17.3. The van der Waals surface area contributed by atoms with E-state index in [1.807, 2.05) is 17.7 Å². The number of benzene rings is 1. The van der Waals surface area contributed by atoms with Gasteiger partial charge in [0.1, 0.15) is 17.3 Å². The van der Waals surface area contributed by atoms with Crippen molar-refractivity contribution in [3.63, 3.8) is 0 Å². The predicted octanol–water partition coefficient (Wildman–Crippen LogP) is 0.400. The van der Waals surface area contributed by atoms with Gasteiger partial charge in [0.2, 0.25) is 5.76 Å². The molecule has 0 amide bonds. The summed E-state index contributed by atoms with van der Waals surface area (Å²) in [6.07, 6.45) is 4.47. The van der Waals surface area contributed by atoms with Gasteiger partial charge >= 0.3 is 0 Å². The quantitative estimate of drug-likeness (QED) is 0.281. The van der Waals surface area contributed by atoms with Gasteiger partial charge in [-0.15, -0.1) is 0 Å². The van der Waals surface area contributed by atoms with Gasteiger partial charge < -0.3 is 35.5 Å². The number of aromatic hydroxyl groups is 1. The van der Waals surface area contributed by atoms with Gasteiger partial charge in [-0.25, -0.2) is 4.98 Å². The van der Waals surface area contributed by atoms with Crippen LogP contribution in [0.15, 0.2) is 47.2 Å². The van der Waals surface area contributed by atoms with Gasteiger partial charge in [0, 0.05) is 43.5 Å². The summed E-state index contributed by atoms with van der Waals surface area (Å²) in [6.45, 7) is 3.28. The van der Waals surface area contributed by atoms with Gasteiger partial charge in [-0.05, 0) is 30.2 Å². The smallest absolute Gasteiger partial charge is 0.210 e. The van der Waals surface area contributed by atoms with E-state index in [1.165, 1.54) is 0 Å². The molecule has 1 aliphatic heterocycles. The minimum atomic E-state index is -0.306. The van der Waals surface area contributed by atoms with E-state index in [0.29, 0.717) is 12.3 Å². The van der Waals surface area contributed by atoms with Gasteiger partial charge in [-0.2, -0.15) is 0 Å². The molecular weight excluding hydrogens is 398 g/mol. The monoisotopic (exact) mass is 425 g/mol. The van der Waals surface area contributed by atoms with Crippen LogP contribution < -0.4 is 11.1 Å². The third-order valence-corrected chi connectivity index (χ3v) is 4.97. The highest BCUT2D eigenvalue weighted by molar-refractivity contribution is 5.41. The number of hydrogen-bond acceptors (Lipinski definition) is 8. The molecule has 1 fully saturated rings. The predicted molar refractivity (Wildman–Crippen MR) is 114 cm³/mol. The maximum Gasteiger partial charge on any atom is 0.210 e. The molecule has 2 aromatic heterocycles. The summed E-state index contributed by atoms with van der Waals surface area (Å²) in [6, 6.07) is 8.32. The second-order valence-corrected chi connectivity index (χ2v) is 7.22. The third kappa shape index (κ3) is 5.71. The fourth-order valence-corrected chi connectivity index (χ4v) is 2.86. The summed E-state index contributed by atoms with van der Waals surface area (Å²) in [5, 5.41) is 33.1. The van der Waals surface area contributed by atoms with Gasteiger partial charge in [-0.3, -0.25) is 0 Å². The summed E-state index contributed by atoms with van der Waals surface area (Å²) in [5.74, 6) is 7.52. The molecule has 9 heteroatoms. The van der Waals surface area contributed by atoms with Crippen molar-refractivity contribution in [2.45, 2.75) is 24.9 Å². The lowest BCUT2D eigenvalue weighted by Crippen LogP contribution is -2.25. The van der Waals surface area contributed by atoms with Crippen LogP contribution in [0.2, 0.25) is 0 Å². The number of imidazole rings is 1. The lowest BCUT2D eigenvalue weighted by molar-refractivity contribution is 0.177. The van der Waals surface area contributed by atoms with Crippen LogP contribution in [0, 0.1) is 11.8 Å². The number of phenolic OH excluding ortho intramolecular Hbond substituents is 1. The Hall–Kier alpha value is -3.16. The zero-order chi connectivity index (χ0) is 22.3. The maximum atomic E-state index is 9.27. The molecule has 0 radical (unpaired) electrons. The number of rotatable bonds is 6. The molecule has 6 N–H and O–H groups in total. The van der Waals surface area contributed by atoms with Gasteiger partial charge in [-0.1, -0.05) is 18.0 Å². The number of aliphatic hydroxyl groups excluding tert-OH is 2. The van der Waals surface area contributed by atoms with E-state index in [9.17, 15) is 5.11 Å². The lowest BCUT2D eigenvalue weighted by Gasteiger charge is -2.15. The first-order valence-corrected chi connectivity index (χ1v) is 10.0. The first-order chi connectivity index (χ1) is 15.0. The Morgan fingerprint density at radius 1 is 1.26 bits per heavy atom. The SMILES string of the molecule is CCc1nccn1C(CN)c1cc(C#Cc2ccc(O)cc2)on1.OCC1(CO)CN1. The van der Waals surface area contributed by atoms with Crippen molar-refractivity contribution in [2.75, 3.05) is 26.3 Å². The molecule has 1 unspecified atom stereocenters. The molecule has 31 heavy (non-hydrogen) atoms. The van der Waals surface area contributed by atoms with Gasteiger partial charge in [0.25, 0.3) is 0 Å². The van der Waals surface area contributed by atoms with Crippen molar-refractivity contribution in [1.29, 1.82) is 0 Å². The fourth-order valence-electron chi connectivity index (χ4n) is 2.86. The Labute approximate surface area is 180 Å². The van der Waals surface area contributed by atoms with Crippen molar-refractivity contribution in [3.8, 4) is 17.6 Å². The van der Waals surface area contributed by atoms with Crippen LogP contribution in [-0.2, 0) is 6.42 Å². The minimum absolute atomic E-state index is 0.0451. The maximum absolute atomic E-state index is 9.27. The van der Waals surface area contributed by atoms with E-state index in [2.05, 4.69) is 27.3 Å². The molecular formula is C22H27N5O4. The van der Waals surface area contributed by atoms with Crippen molar-refractivity contribution in [2.24, 2.45) is 5.73 Å². The molecule has 3 heterocycles. The first kappa shape index (κ1) is 22.5. The second-order valence-electron chi connectivity index (χ2n) is 7.22. The lowest BCUT2D eigenvalue weighted by atomic mass is 10.2. The highest BCUT2D eigenvalue weighted by atomic mass is 16.5. The molecule has 1 atom stereocenters. The Bertz CT molecular complexity index is 1020.